The van der Waals surface area contributed by atoms with Crippen molar-refractivity contribution in [3.63, 3.8) is 0 Å². The van der Waals surface area contributed by atoms with Crippen molar-refractivity contribution in [1.82, 2.24) is 9.78 Å². The molecule has 5 nitrogen and oxygen atoms in total. The number of hydrogen-bond acceptors (Lipinski definition) is 4. The van der Waals surface area contributed by atoms with E-state index in [0.29, 0.717) is 12.4 Å². The monoisotopic (exact) mass is 183 g/mol. The minimum Gasteiger partial charge on any atom is -0.465 e. The molecule has 1 aromatic rings. The number of carbonyl (C=O) groups excluding carboxylic acids is 1. The van der Waals surface area contributed by atoms with Crippen LogP contribution in [0.15, 0.2) is 6.07 Å². The highest BCUT2D eigenvalue weighted by atomic mass is 16.5. The second kappa shape index (κ2) is 3.93. The van der Waals surface area contributed by atoms with Gasteiger partial charge < -0.3 is 10.5 Å². The van der Waals surface area contributed by atoms with Gasteiger partial charge in [-0.3, -0.25) is 9.48 Å². The fourth-order valence-corrected chi connectivity index (χ4v) is 1.02. The third kappa shape index (κ3) is 2.47. The Balaban J connectivity index is 2.63. The van der Waals surface area contributed by atoms with Gasteiger partial charge in [0.15, 0.2) is 0 Å². The highest BCUT2D eigenvalue weighted by Crippen LogP contribution is 2.03. The van der Waals surface area contributed by atoms with E-state index in [2.05, 4.69) is 5.10 Å². The molecule has 0 aliphatic rings. The summed E-state index contributed by atoms with van der Waals surface area (Å²) in [6.45, 7) is 4.11. The third-order valence-electron chi connectivity index (χ3n) is 1.58. The van der Waals surface area contributed by atoms with Gasteiger partial charge in [0.1, 0.15) is 12.4 Å². The van der Waals surface area contributed by atoms with Crippen LogP contribution in [0.25, 0.3) is 0 Å². The Morgan fingerprint density at radius 1 is 1.77 bits per heavy atom. The predicted octanol–water partition coefficient (Wildman–Crippen LogP) is 0.337. The van der Waals surface area contributed by atoms with Gasteiger partial charge >= 0.3 is 5.97 Å². The average Bonchev–Trinajstić information content (AvgIpc) is 2.30. The van der Waals surface area contributed by atoms with E-state index in [1.165, 1.54) is 4.68 Å². The lowest BCUT2D eigenvalue weighted by Crippen LogP contribution is -2.15. The first-order valence-electron chi connectivity index (χ1n) is 4.09. The van der Waals surface area contributed by atoms with E-state index in [0.717, 1.165) is 5.69 Å². The van der Waals surface area contributed by atoms with E-state index in [-0.39, 0.29) is 12.5 Å². The lowest BCUT2D eigenvalue weighted by atomic mass is 10.4. The second-order valence-electron chi connectivity index (χ2n) is 2.67. The standard InChI is InChI=1S/C8H13N3O2/c1-3-13-8(12)5-11-6(2)4-7(9)10-11/h4H,3,5H2,1-2H3,(H2,9,10). The van der Waals surface area contributed by atoms with Crippen LogP contribution in [-0.2, 0) is 16.1 Å². The molecule has 0 aliphatic carbocycles. The molecule has 72 valence electrons. The molecule has 0 aromatic carbocycles. The summed E-state index contributed by atoms with van der Waals surface area (Å²) < 4.78 is 6.29. The Morgan fingerprint density at radius 3 is 2.92 bits per heavy atom. The maximum absolute atomic E-state index is 11.1. The number of hydrogen-bond donors (Lipinski definition) is 1. The van der Waals surface area contributed by atoms with Crippen molar-refractivity contribution in [1.29, 1.82) is 0 Å². The molecule has 0 amide bonds. The van der Waals surface area contributed by atoms with Crippen molar-refractivity contribution in [2.75, 3.05) is 12.3 Å². The smallest absolute Gasteiger partial charge is 0.327 e. The van der Waals surface area contributed by atoms with Crippen LogP contribution in [0, 0.1) is 6.92 Å². The van der Waals surface area contributed by atoms with Crippen LogP contribution in [0.3, 0.4) is 0 Å². The Bertz CT molecular complexity index is 306. The summed E-state index contributed by atoms with van der Waals surface area (Å²) >= 11 is 0. The summed E-state index contributed by atoms with van der Waals surface area (Å²) in [6.07, 6.45) is 0. The van der Waals surface area contributed by atoms with E-state index in [9.17, 15) is 4.79 Å². The number of nitrogen functional groups attached to an aromatic ring is 1. The highest BCUT2D eigenvalue weighted by molar-refractivity contribution is 5.69. The van der Waals surface area contributed by atoms with Gasteiger partial charge in [0.25, 0.3) is 0 Å². The zero-order chi connectivity index (χ0) is 9.84. The topological polar surface area (TPSA) is 70.1 Å². The number of anilines is 1. The summed E-state index contributed by atoms with van der Waals surface area (Å²) in [5.41, 5.74) is 6.30. The second-order valence-corrected chi connectivity index (χ2v) is 2.67. The van der Waals surface area contributed by atoms with Crippen LogP contribution in [0.1, 0.15) is 12.6 Å². The van der Waals surface area contributed by atoms with Gasteiger partial charge in [0.2, 0.25) is 0 Å². The van der Waals surface area contributed by atoms with E-state index in [1.807, 2.05) is 6.92 Å². The Hall–Kier alpha value is -1.52. The van der Waals surface area contributed by atoms with Crippen molar-refractivity contribution < 1.29 is 9.53 Å². The number of ether oxygens (including phenoxy) is 1. The summed E-state index contributed by atoms with van der Waals surface area (Å²) in [7, 11) is 0. The fraction of sp³-hybridized carbons (Fsp3) is 0.500. The minimum atomic E-state index is -0.297. The van der Waals surface area contributed by atoms with E-state index >= 15 is 0 Å². The van der Waals surface area contributed by atoms with Gasteiger partial charge in [-0.15, -0.1) is 0 Å². The largest absolute Gasteiger partial charge is 0.465 e. The maximum atomic E-state index is 11.1. The number of nitrogens with two attached hydrogens (primary N) is 1. The number of nitrogens with zero attached hydrogens (tertiary/aromatic N) is 2. The number of aromatic nitrogens is 2. The van der Waals surface area contributed by atoms with Gasteiger partial charge in [0, 0.05) is 11.8 Å². The van der Waals surface area contributed by atoms with Gasteiger partial charge in [0.05, 0.1) is 6.61 Å². The normalized spacial score (nSPS) is 10.0. The van der Waals surface area contributed by atoms with Gasteiger partial charge in [-0.05, 0) is 13.8 Å². The summed E-state index contributed by atoms with van der Waals surface area (Å²) in [6, 6.07) is 1.71. The van der Waals surface area contributed by atoms with Crippen molar-refractivity contribution in [3.8, 4) is 0 Å². The first kappa shape index (κ1) is 9.57. The molecule has 0 saturated carbocycles. The lowest BCUT2D eigenvalue weighted by molar-refractivity contribution is -0.144. The highest BCUT2D eigenvalue weighted by Gasteiger charge is 2.06. The van der Waals surface area contributed by atoms with Crippen LogP contribution in [0.5, 0.6) is 0 Å². The van der Waals surface area contributed by atoms with Crippen molar-refractivity contribution in [2.45, 2.75) is 20.4 Å². The van der Waals surface area contributed by atoms with Gasteiger partial charge in [-0.1, -0.05) is 0 Å². The van der Waals surface area contributed by atoms with Crippen LogP contribution in [0.2, 0.25) is 0 Å². The minimum absolute atomic E-state index is 0.122. The van der Waals surface area contributed by atoms with E-state index in [1.54, 1.807) is 13.0 Å². The quantitative estimate of drug-likeness (QED) is 0.686. The summed E-state index contributed by atoms with van der Waals surface area (Å²) in [5, 5.41) is 3.93. The molecular formula is C8H13N3O2. The van der Waals surface area contributed by atoms with Gasteiger partial charge in [-0.2, -0.15) is 5.10 Å². The molecule has 0 spiro atoms. The molecular weight excluding hydrogens is 170 g/mol. The molecule has 0 fully saturated rings. The number of aryl methyl sites for hydroxylation is 1. The molecule has 0 atom stereocenters. The Morgan fingerprint density at radius 2 is 2.46 bits per heavy atom. The Kier molecular flexibility index (Phi) is 2.89. The molecule has 0 saturated heterocycles. The molecule has 0 bridgehead atoms. The SMILES string of the molecule is CCOC(=O)Cn1nc(N)cc1C. The van der Waals surface area contributed by atoms with Crippen LogP contribution in [0.4, 0.5) is 5.82 Å². The molecule has 2 N–H and O–H groups in total. The summed E-state index contributed by atoms with van der Waals surface area (Å²) in [4.78, 5) is 11.1. The van der Waals surface area contributed by atoms with Crippen LogP contribution >= 0.6 is 0 Å². The van der Waals surface area contributed by atoms with Crippen molar-refractivity contribution in [3.05, 3.63) is 11.8 Å². The summed E-state index contributed by atoms with van der Waals surface area (Å²) in [5.74, 6) is 0.121. The Labute approximate surface area is 76.5 Å². The van der Waals surface area contributed by atoms with Crippen LogP contribution < -0.4 is 5.73 Å². The average molecular weight is 183 g/mol. The number of rotatable bonds is 3. The molecule has 5 heteroatoms. The molecule has 0 unspecified atom stereocenters. The van der Waals surface area contributed by atoms with E-state index < -0.39 is 0 Å². The fourth-order valence-electron chi connectivity index (χ4n) is 1.02. The van der Waals surface area contributed by atoms with E-state index in [4.69, 9.17) is 10.5 Å². The van der Waals surface area contributed by atoms with Crippen molar-refractivity contribution >= 4 is 11.8 Å². The number of carbonyl (C=O) groups is 1. The molecule has 0 aliphatic heterocycles. The molecule has 1 aromatic heterocycles. The first-order valence-corrected chi connectivity index (χ1v) is 4.09. The zero-order valence-electron chi connectivity index (χ0n) is 7.78. The maximum Gasteiger partial charge on any atom is 0.327 e. The lowest BCUT2D eigenvalue weighted by Gasteiger charge is -2.03. The molecule has 1 rings (SSSR count). The van der Waals surface area contributed by atoms with Gasteiger partial charge in [-0.25, -0.2) is 0 Å². The first-order chi connectivity index (χ1) is 6.13. The zero-order valence-corrected chi connectivity index (χ0v) is 7.78. The predicted molar refractivity (Wildman–Crippen MR) is 48.0 cm³/mol. The number of esters is 1. The molecule has 1 heterocycles. The van der Waals surface area contributed by atoms with Crippen LogP contribution in [-0.4, -0.2) is 22.4 Å². The van der Waals surface area contributed by atoms with Crippen molar-refractivity contribution in [2.24, 2.45) is 0 Å². The molecule has 0 radical (unpaired) electrons. The third-order valence-corrected chi connectivity index (χ3v) is 1.58. The molecule has 13 heavy (non-hydrogen) atoms.